The Bertz CT molecular complexity index is 316. The Kier molecular flexibility index (Phi) is 4.68. The Morgan fingerprint density at radius 2 is 2.16 bits per heavy atom. The van der Waals surface area contributed by atoms with Crippen LogP contribution in [0.15, 0.2) is 0 Å². The average molecular weight is 270 g/mol. The van der Waals surface area contributed by atoms with E-state index in [-0.39, 0.29) is 24.1 Å². The Hall–Kier alpha value is -0.810. The first-order valence-corrected chi connectivity index (χ1v) is 7.38. The summed E-state index contributed by atoms with van der Waals surface area (Å²) in [6.45, 7) is 3.16. The maximum absolute atomic E-state index is 12.0. The van der Waals surface area contributed by atoms with Crippen molar-refractivity contribution in [3.8, 4) is 0 Å². The van der Waals surface area contributed by atoms with Crippen molar-refractivity contribution >= 4 is 6.03 Å². The van der Waals surface area contributed by atoms with Gasteiger partial charge in [-0.05, 0) is 26.2 Å². The maximum Gasteiger partial charge on any atom is 0.317 e. The van der Waals surface area contributed by atoms with E-state index >= 15 is 0 Å². The zero-order valence-electron chi connectivity index (χ0n) is 12.0. The monoisotopic (exact) mass is 270 g/mol. The van der Waals surface area contributed by atoms with Gasteiger partial charge in [-0.1, -0.05) is 12.8 Å². The molecule has 2 rings (SSSR count). The quantitative estimate of drug-likeness (QED) is 0.793. The van der Waals surface area contributed by atoms with E-state index in [9.17, 15) is 4.79 Å². The molecule has 110 valence electrons. The number of ether oxygens (including phenoxy) is 1. The number of hydrogen-bond donors (Lipinski definition) is 2. The number of carbonyl (C=O) groups is 1. The van der Waals surface area contributed by atoms with E-state index in [1.54, 1.807) is 7.05 Å². The van der Waals surface area contributed by atoms with Gasteiger partial charge in [0.1, 0.15) is 0 Å². The summed E-state index contributed by atoms with van der Waals surface area (Å²) in [4.78, 5) is 13.5. The molecule has 5 nitrogen and oxygen atoms in total. The van der Waals surface area contributed by atoms with Gasteiger partial charge in [-0.25, -0.2) is 4.79 Å². The van der Waals surface area contributed by atoms with Crippen LogP contribution in [0.25, 0.3) is 0 Å². The number of aliphatic hydroxyl groups is 1. The van der Waals surface area contributed by atoms with Crippen molar-refractivity contribution in [2.45, 2.75) is 51.2 Å². The molecule has 2 aliphatic carbocycles. The molecule has 0 aliphatic heterocycles. The largest absolute Gasteiger partial charge is 0.395 e. The molecule has 0 saturated heterocycles. The lowest BCUT2D eigenvalue weighted by atomic mass is 9.60. The SMILES string of the molecule is CCOC1CC(NC(=O)N(C)CCO)C12CCCC2. The van der Waals surface area contributed by atoms with Crippen molar-refractivity contribution in [3.05, 3.63) is 0 Å². The topological polar surface area (TPSA) is 61.8 Å². The van der Waals surface area contributed by atoms with Gasteiger partial charge in [-0.15, -0.1) is 0 Å². The lowest BCUT2D eigenvalue weighted by Crippen LogP contribution is -2.64. The van der Waals surface area contributed by atoms with Crippen LogP contribution < -0.4 is 5.32 Å². The molecular weight excluding hydrogens is 244 g/mol. The number of carbonyl (C=O) groups excluding carboxylic acids is 1. The molecule has 1 spiro atoms. The molecule has 0 bridgehead atoms. The van der Waals surface area contributed by atoms with Crippen molar-refractivity contribution in [1.29, 1.82) is 0 Å². The highest BCUT2D eigenvalue weighted by atomic mass is 16.5. The van der Waals surface area contributed by atoms with Crippen molar-refractivity contribution in [2.24, 2.45) is 5.41 Å². The summed E-state index contributed by atoms with van der Waals surface area (Å²) in [6, 6.07) is 0.153. The van der Waals surface area contributed by atoms with E-state index < -0.39 is 0 Å². The summed E-state index contributed by atoms with van der Waals surface area (Å²) in [6.07, 6.45) is 6.03. The molecular formula is C14H26N2O3. The van der Waals surface area contributed by atoms with Crippen LogP contribution in [0.2, 0.25) is 0 Å². The number of hydrogen-bond acceptors (Lipinski definition) is 3. The molecule has 0 radical (unpaired) electrons. The number of aliphatic hydroxyl groups excluding tert-OH is 1. The summed E-state index contributed by atoms with van der Waals surface area (Å²) in [7, 11) is 1.71. The molecule has 0 heterocycles. The molecule has 5 heteroatoms. The highest BCUT2D eigenvalue weighted by Gasteiger charge is 2.57. The molecule has 0 aromatic carbocycles. The van der Waals surface area contributed by atoms with Crippen LogP contribution in [-0.2, 0) is 4.74 Å². The Morgan fingerprint density at radius 3 is 2.74 bits per heavy atom. The first-order valence-electron chi connectivity index (χ1n) is 7.38. The first kappa shape index (κ1) is 14.6. The third-order valence-electron chi connectivity index (χ3n) is 4.77. The van der Waals surface area contributed by atoms with Crippen LogP contribution in [0.3, 0.4) is 0 Å². The predicted octanol–water partition coefficient (Wildman–Crippen LogP) is 1.36. The fourth-order valence-corrected chi connectivity index (χ4v) is 3.60. The maximum atomic E-state index is 12.0. The fourth-order valence-electron chi connectivity index (χ4n) is 3.60. The molecule has 2 amide bonds. The van der Waals surface area contributed by atoms with E-state index in [2.05, 4.69) is 5.32 Å². The summed E-state index contributed by atoms with van der Waals surface area (Å²) in [5.41, 5.74) is 0.172. The predicted molar refractivity (Wildman–Crippen MR) is 73.0 cm³/mol. The molecule has 2 fully saturated rings. The van der Waals surface area contributed by atoms with Crippen molar-refractivity contribution in [3.63, 3.8) is 0 Å². The highest BCUT2D eigenvalue weighted by Crippen LogP contribution is 2.54. The van der Waals surface area contributed by atoms with E-state index in [0.717, 1.165) is 25.9 Å². The lowest BCUT2D eigenvalue weighted by Gasteiger charge is -2.54. The fraction of sp³-hybridized carbons (Fsp3) is 0.929. The minimum atomic E-state index is -0.0831. The van der Waals surface area contributed by atoms with Gasteiger partial charge < -0.3 is 20.1 Å². The summed E-state index contributed by atoms with van der Waals surface area (Å²) < 4.78 is 5.83. The van der Waals surface area contributed by atoms with Gasteiger partial charge in [0.05, 0.1) is 12.7 Å². The van der Waals surface area contributed by atoms with Crippen LogP contribution in [0.4, 0.5) is 4.79 Å². The van der Waals surface area contributed by atoms with Gasteiger partial charge in [0, 0.05) is 31.7 Å². The zero-order valence-corrected chi connectivity index (χ0v) is 12.0. The Morgan fingerprint density at radius 1 is 1.47 bits per heavy atom. The Balaban J connectivity index is 1.92. The number of rotatable bonds is 5. The van der Waals surface area contributed by atoms with Gasteiger partial charge in [-0.3, -0.25) is 0 Å². The van der Waals surface area contributed by atoms with E-state index in [0.29, 0.717) is 12.6 Å². The van der Waals surface area contributed by atoms with Gasteiger partial charge >= 0.3 is 6.03 Å². The van der Waals surface area contributed by atoms with Crippen molar-refractivity contribution in [1.82, 2.24) is 10.2 Å². The van der Waals surface area contributed by atoms with Crippen LogP contribution in [0.5, 0.6) is 0 Å². The van der Waals surface area contributed by atoms with E-state index in [1.165, 1.54) is 17.7 Å². The summed E-state index contributed by atoms with van der Waals surface area (Å²) in [5.74, 6) is 0. The standard InChI is InChI=1S/C14H26N2O3/c1-3-19-12-10-11(14(12)6-4-5-7-14)15-13(18)16(2)8-9-17/h11-12,17H,3-10H2,1-2H3,(H,15,18). The average Bonchev–Trinajstić information content (AvgIpc) is 2.90. The number of urea groups is 1. The molecule has 2 atom stereocenters. The third-order valence-corrected chi connectivity index (χ3v) is 4.77. The molecule has 2 N–H and O–H groups in total. The van der Waals surface area contributed by atoms with Crippen molar-refractivity contribution in [2.75, 3.05) is 26.8 Å². The van der Waals surface area contributed by atoms with Gasteiger partial charge in [0.25, 0.3) is 0 Å². The molecule has 0 aromatic heterocycles. The molecule has 2 saturated carbocycles. The smallest absolute Gasteiger partial charge is 0.317 e. The second kappa shape index (κ2) is 6.09. The van der Waals surface area contributed by atoms with Crippen LogP contribution in [0.1, 0.15) is 39.0 Å². The lowest BCUT2D eigenvalue weighted by molar-refractivity contribution is -0.127. The summed E-state index contributed by atoms with van der Waals surface area (Å²) >= 11 is 0. The zero-order chi connectivity index (χ0) is 13.9. The minimum Gasteiger partial charge on any atom is -0.395 e. The number of nitrogens with one attached hydrogen (secondary N) is 1. The number of nitrogens with zero attached hydrogens (tertiary/aromatic N) is 1. The second-order valence-electron chi connectivity index (χ2n) is 5.77. The van der Waals surface area contributed by atoms with Gasteiger partial charge in [0.15, 0.2) is 0 Å². The normalized spacial score (nSPS) is 28.2. The van der Waals surface area contributed by atoms with E-state index in [4.69, 9.17) is 9.84 Å². The third kappa shape index (κ3) is 2.72. The number of amides is 2. The van der Waals surface area contributed by atoms with Crippen LogP contribution in [-0.4, -0.2) is 55.0 Å². The summed E-state index contributed by atoms with van der Waals surface area (Å²) in [5, 5.41) is 12.0. The molecule has 2 unspecified atom stereocenters. The van der Waals surface area contributed by atoms with E-state index in [1.807, 2.05) is 6.92 Å². The van der Waals surface area contributed by atoms with Gasteiger partial charge in [-0.2, -0.15) is 0 Å². The molecule has 0 aromatic rings. The van der Waals surface area contributed by atoms with Crippen LogP contribution in [0, 0.1) is 5.41 Å². The minimum absolute atomic E-state index is 0.00129. The Labute approximate surface area is 115 Å². The van der Waals surface area contributed by atoms with Gasteiger partial charge in [0.2, 0.25) is 0 Å². The molecule has 2 aliphatic rings. The second-order valence-corrected chi connectivity index (χ2v) is 5.77. The molecule has 19 heavy (non-hydrogen) atoms. The highest BCUT2D eigenvalue weighted by molar-refractivity contribution is 5.74. The van der Waals surface area contributed by atoms with Crippen LogP contribution >= 0.6 is 0 Å². The van der Waals surface area contributed by atoms with Crippen molar-refractivity contribution < 1.29 is 14.6 Å². The number of likely N-dealkylation sites (N-methyl/N-ethyl adjacent to an activating group) is 1. The first-order chi connectivity index (χ1) is 9.14.